The van der Waals surface area contributed by atoms with Gasteiger partial charge in [-0.15, -0.1) is 0 Å². The molecule has 1 heterocycles. The fourth-order valence-electron chi connectivity index (χ4n) is 2.24. The Morgan fingerprint density at radius 3 is 2.57 bits per heavy atom. The van der Waals surface area contributed by atoms with Crippen LogP contribution >= 0.6 is 0 Å². The van der Waals surface area contributed by atoms with E-state index in [0.29, 0.717) is 16.5 Å². The average molecular weight is 278 g/mol. The summed E-state index contributed by atoms with van der Waals surface area (Å²) in [4.78, 5) is 12.6. The predicted octanol–water partition coefficient (Wildman–Crippen LogP) is 4.11. The topological polar surface area (TPSA) is 39.4 Å². The maximum atomic E-state index is 12.6. The predicted molar refractivity (Wildman–Crippen MR) is 84.6 cm³/mol. The highest BCUT2D eigenvalue weighted by Crippen LogP contribution is 2.23. The van der Waals surface area contributed by atoms with Crippen molar-refractivity contribution in [2.24, 2.45) is 0 Å². The number of fused-ring (bicyclic) bond motifs is 1. The second-order valence-corrected chi connectivity index (χ2v) is 4.67. The number of benzene rings is 2. The molecule has 21 heavy (non-hydrogen) atoms. The molecule has 0 bridgehead atoms. The van der Waals surface area contributed by atoms with Crippen molar-refractivity contribution < 1.29 is 9.15 Å². The molecule has 104 valence electrons. The Balaban J connectivity index is 2.17. The first-order chi connectivity index (χ1) is 10.2. The molecule has 0 spiro atoms. The quantitative estimate of drug-likeness (QED) is 0.723. The summed E-state index contributed by atoms with van der Waals surface area (Å²) in [6, 6.07) is 12.8. The van der Waals surface area contributed by atoms with E-state index in [1.54, 1.807) is 19.3 Å². The molecule has 1 aromatic heterocycles. The van der Waals surface area contributed by atoms with Crippen molar-refractivity contribution in [1.29, 1.82) is 0 Å². The van der Waals surface area contributed by atoms with Gasteiger partial charge in [0, 0.05) is 0 Å². The zero-order chi connectivity index (χ0) is 14.8. The Kier molecular flexibility index (Phi) is 3.32. The molecule has 0 amide bonds. The summed E-state index contributed by atoms with van der Waals surface area (Å²) in [5.41, 5.74) is 2.78. The van der Waals surface area contributed by atoms with Crippen LogP contribution in [0.5, 0.6) is 5.75 Å². The Bertz CT molecular complexity index is 858. The zero-order valence-corrected chi connectivity index (χ0v) is 11.6. The van der Waals surface area contributed by atoms with Crippen LogP contribution in [0.3, 0.4) is 0 Å². The van der Waals surface area contributed by atoms with E-state index in [0.717, 1.165) is 16.9 Å². The smallest absolute Gasteiger partial charge is 0.200 e. The molecule has 0 aliphatic carbocycles. The van der Waals surface area contributed by atoms with Crippen molar-refractivity contribution in [3.8, 4) is 16.9 Å². The van der Waals surface area contributed by atoms with E-state index >= 15 is 0 Å². The summed E-state index contributed by atoms with van der Waals surface area (Å²) >= 11 is 0. The molecule has 0 N–H and O–H groups in total. The van der Waals surface area contributed by atoms with Gasteiger partial charge >= 0.3 is 0 Å². The van der Waals surface area contributed by atoms with Crippen molar-refractivity contribution in [2.45, 2.75) is 0 Å². The van der Waals surface area contributed by atoms with Gasteiger partial charge in [0.1, 0.15) is 17.6 Å². The van der Waals surface area contributed by atoms with Crippen LogP contribution in [0.15, 0.2) is 64.5 Å². The van der Waals surface area contributed by atoms with Gasteiger partial charge in [-0.2, -0.15) is 0 Å². The molecule has 0 saturated heterocycles. The summed E-state index contributed by atoms with van der Waals surface area (Å²) in [5, 5.41) is 0.564. The van der Waals surface area contributed by atoms with Crippen LogP contribution in [-0.2, 0) is 0 Å². The minimum atomic E-state index is -0.0444. The molecule has 0 unspecified atom stereocenters. The average Bonchev–Trinajstić information content (AvgIpc) is 2.55. The van der Waals surface area contributed by atoms with Crippen LogP contribution in [0.25, 0.3) is 28.2 Å². The molecular weight excluding hydrogens is 264 g/mol. The molecule has 0 atom stereocenters. The summed E-state index contributed by atoms with van der Waals surface area (Å²) in [6.07, 6.45) is 3.22. The second kappa shape index (κ2) is 5.29. The van der Waals surface area contributed by atoms with E-state index in [4.69, 9.17) is 9.15 Å². The monoisotopic (exact) mass is 278 g/mol. The van der Waals surface area contributed by atoms with Crippen LogP contribution in [0.2, 0.25) is 0 Å². The second-order valence-electron chi connectivity index (χ2n) is 4.67. The van der Waals surface area contributed by atoms with E-state index in [9.17, 15) is 4.79 Å². The Hall–Kier alpha value is -2.81. The third-order valence-electron chi connectivity index (χ3n) is 3.44. The molecule has 3 nitrogen and oxygen atoms in total. The standard InChI is InChI=1S/C18H14O3/c1-3-12-4-9-15-17(10-12)21-11-16(18(15)19)13-5-7-14(20-2)8-6-13/h3-11H,1H2,2H3. The van der Waals surface area contributed by atoms with Crippen molar-refractivity contribution in [2.75, 3.05) is 7.11 Å². The molecule has 3 heteroatoms. The Morgan fingerprint density at radius 1 is 1.14 bits per heavy atom. The van der Waals surface area contributed by atoms with Crippen LogP contribution in [0.4, 0.5) is 0 Å². The molecule has 0 radical (unpaired) electrons. The molecule has 0 aliphatic rings. The van der Waals surface area contributed by atoms with E-state index in [1.165, 1.54) is 6.26 Å². The fraction of sp³-hybridized carbons (Fsp3) is 0.0556. The zero-order valence-electron chi connectivity index (χ0n) is 11.6. The number of hydrogen-bond acceptors (Lipinski definition) is 3. The Morgan fingerprint density at radius 2 is 1.90 bits per heavy atom. The summed E-state index contributed by atoms with van der Waals surface area (Å²) < 4.78 is 10.7. The number of rotatable bonds is 3. The third kappa shape index (κ3) is 2.34. The van der Waals surface area contributed by atoms with Gasteiger partial charge in [-0.1, -0.05) is 30.9 Å². The van der Waals surface area contributed by atoms with E-state index in [-0.39, 0.29) is 5.43 Å². The van der Waals surface area contributed by atoms with Crippen molar-refractivity contribution in [3.63, 3.8) is 0 Å². The summed E-state index contributed by atoms with van der Waals surface area (Å²) in [6.45, 7) is 3.71. The molecule has 0 aliphatic heterocycles. The highest BCUT2D eigenvalue weighted by molar-refractivity contribution is 5.83. The minimum Gasteiger partial charge on any atom is -0.497 e. The van der Waals surface area contributed by atoms with E-state index in [2.05, 4.69) is 6.58 Å². The molecule has 3 aromatic rings. The fourth-order valence-corrected chi connectivity index (χ4v) is 2.24. The highest BCUT2D eigenvalue weighted by atomic mass is 16.5. The lowest BCUT2D eigenvalue weighted by molar-refractivity contribution is 0.415. The summed E-state index contributed by atoms with van der Waals surface area (Å²) in [7, 11) is 1.61. The van der Waals surface area contributed by atoms with Gasteiger partial charge in [0.25, 0.3) is 0 Å². The number of ether oxygens (including phenoxy) is 1. The van der Waals surface area contributed by atoms with Crippen LogP contribution in [0, 0.1) is 0 Å². The van der Waals surface area contributed by atoms with Crippen LogP contribution in [-0.4, -0.2) is 7.11 Å². The lowest BCUT2D eigenvalue weighted by Gasteiger charge is -2.05. The first kappa shape index (κ1) is 13.2. The first-order valence-corrected chi connectivity index (χ1v) is 6.55. The number of methoxy groups -OCH3 is 1. The van der Waals surface area contributed by atoms with Gasteiger partial charge in [0.05, 0.1) is 18.1 Å². The van der Waals surface area contributed by atoms with Gasteiger partial charge < -0.3 is 9.15 Å². The van der Waals surface area contributed by atoms with Crippen molar-refractivity contribution in [1.82, 2.24) is 0 Å². The van der Waals surface area contributed by atoms with Crippen molar-refractivity contribution >= 4 is 17.0 Å². The van der Waals surface area contributed by atoms with Gasteiger partial charge in [-0.25, -0.2) is 0 Å². The highest BCUT2D eigenvalue weighted by Gasteiger charge is 2.09. The van der Waals surface area contributed by atoms with Gasteiger partial charge in [0.15, 0.2) is 5.43 Å². The number of hydrogen-bond donors (Lipinski definition) is 0. The maximum absolute atomic E-state index is 12.6. The van der Waals surface area contributed by atoms with Crippen molar-refractivity contribution in [3.05, 3.63) is 71.1 Å². The molecule has 3 rings (SSSR count). The first-order valence-electron chi connectivity index (χ1n) is 6.55. The van der Waals surface area contributed by atoms with Gasteiger partial charge in [0.2, 0.25) is 0 Å². The van der Waals surface area contributed by atoms with Crippen LogP contribution in [0.1, 0.15) is 5.56 Å². The molecule has 2 aromatic carbocycles. The summed E-state index contributed by atoms with van der Waals surface area (Å²) in [5.74, 6) is 0.750. The molecular formula is C18H14O3. The molecule has 0 fully saturated rings. The SMILES string of the molecule is C=Cc1ccc2c(=O)c(-c3ccc(OC)cc3)coc2c1. The lowest BCUT2D eigenvalue weighted by Crippen LogP contribution is -2.04. The minimum absolute atomic E-state index is 0.0444. The van der Waals surface area contributed by atoms with Gasteiger partial charge in [-0.3, -0.25) is 4.79 Å². The molecule has 0 saturated carbocycles. The largest absolute Gasteiger partial charge is 0.497 e. The Labute approximate surface area is 122 Å². The third-order valence-corrected chi connectivity index (χ3v) is 3.44. The van der Waals surface area contributed by atoms with E-state index < -0.39 is 0 Å². The van der Waals surface area contributed by atoms with Gasteiger partial charge in [-0.05, 0) is 35.4 Å². The maximum Gasteiger partial charge on any atom is 0.200 e. The van der Waals surface area contributed by atoms with E-state index in [1.807, 2.05) is 36.4 Å². The normalized spacial score (nSPS) is 10.5. The van der Waals surface area contributed by atoms with Crippen LogP contribution < -0.4 is 10.2 Å². The lowest BCUT2D eigenvalue weighted by atomic mass is 10.0.